The quantitative estimate of drug-likeness (QED) is 0.181. The van der Waals surface area contributed by atoms with Crippen LogP contribution in [0, 0.1) is 13.8 Å². The number of hydrogen-bond donors (Lipinski definition) is 1. The second-order valence-corrected chi connectivity index (χ2v) is 10.0. The summed E-state index contributed by atoms with van der Waals surface area (Å²) in [6.07, 6.45) is -0.790. The van der Waals surface area contributed by atoms with Gasteiger partial charge < -0.3 is 15.4 Å². The Morgan fingerprint density at radius 2 is 1.73 bits per heavy atom. The second kappa shape index (κ2) is 12.8. The van der Waals surface area contributed by atoms with Crippen molar-refractivity contribution in [3.63, 3.8) is 0 Å². The number of benzene rings is 3. The van der Waals surface area contributed by atoms with Gasteiger partial charge in [-0.2, -0.15) is 5.10 Å². The van der Waals surface area contributed by atoms with Crippen molar-refractivity contribution in [1.29, 1.82) is 0 Å². The number of halogens is 3. The molecule has 7 nitrogen and oxygen atoms in total. The van der Waals surface area contributed by atoms with Gasteiger partial charge in [-0.1, -0.05) is 61.2 Å². The Labute approximate surface area is 235 Å². The summed E-state index contributed by atoms with van der Waals surface area (Å²) in [5.41, 5.74) is 11.6. The summed E-state index contributed by atoms with van der Waals surface area (Å²) < 4.78 is 40.6. The average molecular weight is 567 g/mol. The van der Waals surface area contributed by atoms with Gasteiger partial charge in [-0.15, -0.1) is 18.3 Å². The highest BCUT2D eigenvalue weighted by Crippen LogP contribution is 2.36. The molecule has 0 bridgehead atoms. The smallest absolute Gasteiger partial charge is 0.406 e. The van der Waals surface area contributed by atoms with Gasteiger partial charge in [0.15, 0.2) is 5.17 Å². The van der Waals surface area contributed by atoms with Gasteiger partial charge in [-0.05, 0) is 61.2 Å². The third kappa shape index (κ3) is 7.50. The molecule has 1 aliphatic rings. The average Bonchev–Trinajstić information content (AvgIpc) is 3.31. The maximum Gasteiger partial charge on any atom is 0.573 e. The van der Waals surface area contributed by atoms with E-state index in [1.54, 1.807) is 18.0 Å². The van der Waals surface area contributed by atoms with Crippen LogP contribution in [-0.4, -0.2) is 41.7 Å². The third-order valence-electron chi connectivity index (χ3n) is 6.16. The van der Waals surface area contributed by atoms with Crippen molar-refractivity contribution in [3.05, 3.63) is 89.0 Å². The predicted octanol–water partition coefficient (Wildman–Crippen LogP) is 6.99. The Bertz CT molecular complexity index is 1410. The number of nitrogens with zero attached hydrogens (tertiary/aromatic N) is 5. The molecule has 0 aliphatic carbocycles. The van der Waals surface area contributed by atoms with E-state index in [-0.39, 0.29) is 11.6 Å². The molecule has 1 unspecified atom stereocenters. The summed E-state index contributed by atoms with van der Waals surface area (Å²) in [6, 6.07) is 19.1. The van der Waals surface area contributed by atoms with Gasteiger partial charge in [0.25, 0.3) is 0 Å². The molecule has 0 aromatic heterocycles. The Morgan fingerprint density at radius 3 is 2.35 bits per heavy atom. The van der Waals surface area contributed by atoms with Crippen molar-refractivity contribution in [1.82, 2.24) is 0 Å². The number of hydrogen-bond acceptors (Lipinski definition) is 5. The fraction of sp³-hybridized carbons (Fsp3) is 0.241. The molecule has 0 amide bonds. The van der Waals surface area contributed by atoms with Gasteiger partial charge in [0.05, 0.1) is 11.9 Å². The summed E-state index contributed by atoms with van der Waals surface area (Å²) in [5, 5.41) is 9.79. The highest BCUT2D eigenvalue weighted by atomic mass is 32.2. The zero-order valence-electron chi connectivity index (χ0n) is 22.3. The van der Waals surface area contributed by atoms with Crippen LogP contribution in [0.4, 0.5) is 24.5 Å². The van der Waals surface area contributed by atoms with Crippen LogP contribution in [0.25, 0.3) is 0 Å². The molecule has 3 aromatic rings. The summed E-state index contributed by atoms with van der Waals surface area (Å²) in [6.45, 7) is 6.43. The standard InChI is InChI=1S/C29H29F3N6OS/c1-4-24-17-40-28(38(24)26-19(2)6-5-7-20(26)3)37-36-16-21-8-10-22(11-9-21)27(33)35-18-34-23-12-14-25(15-13-23)39-29(30,31)32/h5-16,18,24H,4,17H2,1-3H3,(H2,33,34,35)/b36-16+,37-28-. The topological polar surface area (TPSA) is 87.9 Å². The van der Waals surface area contributed by atoms with Crippen molar-refractivity contribution in [2.24, 2.45) is 25.9 Å². The Hall–Kier alpha value is -4.12. The first kappa shape index (κ1) is 28.9. The van der Waals surface area contributed by atoms with Crippen LogP contribution in [0.2, 0.25) is 0 Å². The zero-order valence-corrected chi connectivity index (χ0v) is 23.1. The fourth-order valence-corrected chi connectivity index (χ4v) is 5.37. The van der Waals surface area contributed by atoms with Gasteiger partial charge in [0.2, 0.25) is 0 Å². The van der Waals surface area contributed by atoms with Crippen LogP contribution in [-0.2, 0) is 0 Å². The van der Waals surface area contributed by atoms with Crippen LogP contribution in [0.3, 0.4) is 0 Å². The normalized spacial score (nSPS) is 17.4. The number of nitrogens with two attached hydrogens (primary N) is 1. The van der Waals surface area contributed by atoms with Crippen molar-refractivity contribution >= 4 is 46.7 Å². The number of aryl methyl sites for hydroxylation is 2. The van der Waals surface area contributed by atoms with Crippen molar-refractivity contribution in [2.75, 3.05) is 10.7 Å². The number of alkyl halides is 3. The molecule has 0 saturated carbocycles. The molecule has 1 fully saturated rings. The van der Waals surface area contributed by atoms with E-state index in [1.807, 2.05) is 24.3 Å². The van der Waals surface area contributed by atoms with E-state index in [1.165, 1.54) is 47.4 Å². The summed E-state index contributed by atoms with van der Waals surface area (Å²) in [5.74, 6) is 0.879. The molecular weight excluding hydrogens is 537 g/mol. The third-order valence-corrected chi connectivity index (χ3v) is 7.25. The lowest BCUT2D eigenvalue weighted by atomic mass is 10.1. The number of amidine groups is 2. The van der Waals surface area contributed by atoms with Gasteiger partial charge in [0.1, 0.15) is 17.9 Å². The maximum atomic E-state index is 12.3. The minimum atomic E-state index is -4.74. The van der Waals surface area contributed by atoms with Gasteiger partial charge >= 0.3 is 6.36 Å². The van der Waals surface area contributed by atoms with E-state index in [9.17, 15) is 13.2 Å². The van der Waals surface area contributed by atoms with Crippen molar-refractivity contribution in [3.8, 4) is 5.75 Å². The number of aliphatic imine (C=N–C) groups is 2. The minimum absolute atomic E-state index is 0.238. The fourth-order valence-electron chi connectivity index (χ4n) is 4.16. The number of rotatable bonds is 8. The summed E-state index contributed by atoms with van der Waals surface area (Å²) in [4.78, 5) is 10.5. The SMILES string of the molecule is CCC1CS/C(=N\N=C\c2ccc(C(N)=NC=Nc3ccc(OC(F)(F)F)cc3)cc2)N1c1c(C)cccc1C. The molecule has 2 N–H and O–H groups in total. The number of thioether (sulfide) groups is 1. The Kier molecular flexibility index (Phi) is 9.26. The first-order chi connectivity index (χ1) is 19.1. The van der Waals surface area contributed by atoms with Crippen LogP contribution in [0.15, 0.2) is 86.9 Å². The van der Waals surface area contributed by atoms with E-state index < -0.39 is 6.36 Å². The van der Waals surface area contributed by atoms with E-state index >= 15 is 0 Å². The lowest BCUT2D eigenvalue weighted by Gasteiger charge is -2.28. The van der Waals surface area contributed by atoms with Crippen LogP contribution >= 0.6 is 11.8 Å². The lowest BCUT2D eigenvalue weighted by molar-refractivity contribution is -0.274. The number of para-hydroxylation sites is 1. The monoisotopic (exact) mass is 566 g/mol. The molecule has 40 heavy (non-hydrogen) atoms. The summed E-state index contributed by atoms with van der Waals surface area (Å²) >= 11 is 1.71. The van der Waals surface area contributed by atoms with E-state index in [2.05, 4.69) is 68.8 Å². The Balaban J connectivity index is 1.40. The highest BCUT2D eigenvalue weighted by molar-refractivity contribution is 8.14. The maximum absolute atomic E-state index is 12.3. The van der Waals surface area contributed by atoms with E-state index in [0.717, 1.165) is 22.9 Å². The molecule has 1 aliphatic heterocycles. The predicted molar refractivity (Wildman–Crippen MR) is 158 cm³/mol. The van der Waals surface area contributed by atoms with Gasteiger partial charge in [-0.25, -0.2) is 9.98 Å². The first-order valence-electron chi connectivity index (χ1n) is 12.6. The molecule has 0 radical (unpaired) electrons. The molecular formula is C29H29F3N6OS. The molecule has 1 atom stereocenters. The van der Waals surface area contributed by atoms with Crippen molar-refractivity contribution < 1.29 is 17.9 Å². The lowest BCUT2D eigenvalue weighted by Crippen LogP contribution is -2.34. The van der Waals surface area contributed by atoms with Crippen molar-refractivity contribution in [2.45, 2.75) is 39.6 Å². The molecule has 1 saturated heterocycles. The molecule has 0 spiro atoms. The number of ether oxygens (including phenoxy) is 1. The van der Waals surface area contributed by atoms with E-state index in [0.29, 0.717) is 17.3 Å². The minimum Gasteiger partial charge on any atom is -0.406 e. The second-order valence-electron chi connectivity index (χ2n) is 9.03. The van der Waals surface area contributed by atoms with Crippen LogP contribution < -0.4 is 15.4 Å². The Morgan fingerprint density at radius 1 is 1.05 bits per heavy atom. The van der Waals surface area contributed by atoms with Crippen LogP contribution in [0.5, 0.6) is 5.75 Å². The molecule has 208 valence electrons. The van der Waals surface area contributed by atoms with E-state index in [4.69, 9.17) is 5.73 Å². The van der Waals surface area contributed by atoms with Gasteiger partial charge in [0, 0.05) is 23.0 Å². The summed E-state index contributed by atoms with van der Waals surface area (Å²) in [7, 11) is 0. The molecule has 11 heteroatoms. The van der Waals surface area contributed by atoms with Gasteiger partial charge in [-0.3, -0.25) is 0 Å². The largest absolute Gasteiger partial charge is 0.573 e. The van der Waals surface area contributed by atoms with Crippen LogP contribution in [0.1, 0.15) is 35.6 Å². The number of anilines is 1. The highest BCUT2D eigenvalue weighted by Gasteiger charge is 2.32. The molecule has 3 aromatic carbocycles. The first-order valence-corrected chi connectivity index (χ1v) is 13.5. The zero-order chi connectivity index (χ0) is 28.7. The molecule has 1 heterocycles. The molecule has 4 rings (SSSR count).